The van der Waals surface area contributed by atoms with Crippen molar-refractivity contribution in [3.05, 3.63) is 95.1 Å². The molecule has 0 saturated carbocycles. The lowest BCUT2D eigenvalue weighted by atomic mass is 9.97. The van der Waals surface area contributed by atoms with Gasteiger partial charge in [-0.05, 0) is 62.7 Å². The number of carbonyl (C=O) groups is 3. The lowest BCUT2D eigenvalue weighted by Crippen LogP contribution is -2.43. The van der Waals surface area contributed by atoms with Crippen molar-refractivity contribution < 1.29 is 41.4 Å². The van der Waals surface area contributed by atoms with E-state index in [1.807, 2.05) is 57.2 Å². The number of urea groups is 1. The monoisotopic (exact) mass is 685 g/mol. The number of amides is 3. The van der Waals surface area contributed by atoms with E-state index in [0.29, 0.717) is 35.5 Å². The molecule has 3 aromatic carbocycles. The van der Waals surface area contributed by atoms with Crippen LogP contribution in [0, 0.1) is 18.6 Å². The highest BCUT2D eigenvalue weighted by Gasteiger charge is 2.38. The van der Waals surface area contributed by atoms with Crippen molar-refractivity contribution in [2.24, 2.45) is 0 Å². The minimum absolute atomic E-state index is 0.0216. The number of nitrogens with one attached hydrogen (secondary N) is 4. The van der Waals surface area contributed by atoms with Crippen molar-refractivity contribution in [2.75, 3.05) is 28.6 Å². The molecule has 0 spiro atoms. The van der Waals surface area contributed by atoms with Crippen LogP contribution in [-0.2, 0) is 11.3 Å². The first-order valence-corrected chi connectivity index (χ1v) is 14.8. The third kappa shape index (κ3) is 8.97. The van der Waals surface area contributed by atoms with Crippen LogP contribution in [0.15, 0.2) is 66.7 Å². The first-order valence-electron chi connectivity index (χ1n) is 14.8. The van der Waals surface area contributed by atoms with E-state index in [2.05, 4.69) is 26.3 Å². The number of rotatable bonds is 9. The molecule has 5 N–H and O–H groups in total. The normalized spacial score (nSPS) is 12.3. The summed E-state index contributed by atoms with van der Waals surface area (Å²) in [5.74, 6) is -4.63. The van der Waals surface area contributed by atoms with Crippen LogP contribution >= 0.6 is 0 Å². The molecule has 16 heteroatoms. The van der Waals surface area contributed by atoms with Crippen molar-refractivity contribution >= 4 is 41.0 Å². The van der Waals surface area contributed by atoms with Gasteiger partial charge in [0, 0.05) is 41.5 Å². The van der Waals surface area contributed by atoms with Crippen LogP contribution in [0.5, 0.6) is 0 Å². The molecule has 0 aliphatic carbocycles. The van der Waals surface area contributed by atoms with Gasteiger partial charge in [0.25, 0.3) is 5.91 Å². The zero-order chi connectivity index (χ0) is 35.9. The quantitative estimate of drug-likeness (QED) is 0.101. The third-order valence-corrected chi connectivity index (χ3v) is 6.91. The minimum atomic E-state index is -5.08. The average Bonchev–Trinajstić information content (AvgIpc) is 3.04. The van der Waals surface area contributed by atoms with Crippen LogP contribution in [0.25, 0.3) is 11.3 Å². The van der Waals surface area contributed by atoms with Crippen molar-refractivity contribution in [2.45, 2.75) is 39.5 Å². The topological polar surface area (TPSA) is 149 Å². The number of aliphatic carboxylic acids is 1. The molecule has 0 bridgehead atoms. The molecule has 0 saturated heterocycles. The number of aromatic nitrogens is 2. The van der Waals surface area contributed by atoms with Gasteiger partial charge in [-0.2, -0.15) is 18.2 Å². The molecule has 4 aromatic rings. The van der Waals surface area contributed by atoms with Gasteiger partial charge in [0.05, 0.1) is 12.2 Å². The molecule has 258 valence electrons. The number of carbonyl (C=O) groups excluding carboxylic acids is 2. The predicted octanol–water partition coefficient (Wildman–Crippen LogP) is 6.39. The molecule has 0 unspecified atom stereocenters. The number of hydrogen-bond acceptors (Lipinski definition) is 7. The van der Waals surface area contributed by atoms with Gasteiger partial charge in [0.2, 0.25) is 5.95 Å². The zero-order valence-corrected chi connectivity index (χ0v) is 26.5. The van der Waals surface area contributed by atoms with Crippen LogP contribution in [0.2, 0.25) is 0 Å². The summed E-state index contributed by atoms with van der Waals surface area (Å²) in [6.45, 7) is 6.57. The Morgan fingerprint density at radius 3 is 2.20 bits per heavy atom. The van der Waals surface area contributed by atoms with Gasteiger partial charge in [0.15, 0.2) is 5.82 Å². The molecular weight excluding hydrogens is 653 g/mol. The summed E-state index contributed by atoms with van der Waals surface area (Å²) in [4.78, 5) is 45.1. The second-order valence-corrected chi connectivity index (χ2v) is 10.9. The van der Waals surface area contributed by atoms with Crippen molar-refractivity contribution in [3.63, 3.8) is 0 Å². The van der Waals surface area contributed by atoms with Crippen LogP contribution in [0.3, 0.4) is 0 Å². The molecule has 11 nitrogen and oxygen atoms in total. The van der Waals surface area contributed by atoms with E-state index in [9.17, 15) is 31.5 Å². The van der Waals surface area contributed by atoms with E-state index in [4.69, 9.17) is 14.9 Å². The Hall–Kier alpha value is -5.80. The largest absolute Gasteiger partial charge is 0.490 e. The Labute approximate surface area is 277 Å². The number of nitrogens with zero attached hydrogens (tertiary/aromatic N) is 3. The molecule has 3 amide bonds. The van der Waals surface area contributed by atoms with E-state index in [0.717, 1.165) is 28.3 Å². The lowest BCUT2D eigenvalue weighted by Gasteiger charge is -2.31. The second-order valence-electron chi connectivity index (χ2n) is 10.9. The van der Waals surface area contributed by atoms with E-state index in [1.54, 1.807) is 12.1 Å². The van der Waals surface area contributed by atoms with E-state index < -0.39 is 35.5 Å². The maximum absolute atomic E-state index is 15.0. The number of anilines is 4. The van der Waals surface area contributed by atoms with Gasteiger partial charge in [-0.15, -0.1) is 0 Å². The van der Waals surface area contributed by atoms with Crippen LogP contribution in [0.4, 0.5) is 49.9 Å². The molecule has 1 aromatic heterocycles. The van der Waals surface area contributed by atoms with Gasteiger partial charge in [-0.25, -0.2) is 28.3 Å². The molecule has 0 atom stereocenters. The summed E-state index contributed by atoms with van der Waals surface area (Å²) >= 11 is 0. The molecule has 1 aliphatic rings. The standard InChI is InChI=1S/C31H31F2N7O2.C2HF3O2/c1-18(2)37-29(41)20-13-12-19(3)22(16-20)26-23-17-36-31(42)40(27-24(32)10-7-11-25(27)33)28(23)39-30(38-26)35-15-14-34-21-8-5-4-6-9-21;3-2(4,5)1(6)7/h4-13,16,18,34H,14-15,17H2,1-3H3,(H,36,42)(H,37,41)(H,35,38,39);(H,6,7). The molecule has 0 radical (unpaired) electrons. The van der Waals surface area contributed by atoms with Gasteiger partial charge in [0.1, 0.15) is 17.3 Å². The maximum atomic E-state index is 15.0. The molecule has 0 fully saturated rings. The van der Waals surface area contributed by atoms with Crippen molar-refractivity contribution in [1.29, 1.82) is 0 Å². The van der Waals surface area contributed by atoms with Gasteiger partial charge in [-0.1, -0.05) is 30.3 Å². The van der Waals surface area contributed by atoms with E-state index in [1.165, 1.54) is 6.07 Å². The molecule has 2 heterocycles. The van der Waals surface area contributed by atoms with Gasteiger partial charge < -0.3 is 26.4 Å². The van der Waals surface area contributed by atoms with Crippen LogP contribution < -0.4 is 26.2 Å². The average molecular weight is 686 g/mol. The fourth-order valence-electron chi connectivity index (χ4n) is 4.67. The summed E-state index contributed by atoms with van der Waals surface area (Å²) in [7, 11) is 0. The SMILES string of the molecule is Cc1ccc(C(=O)NC(C)C)cc1-c1nc(NCCNc2ccccc2)nc2c1CNC(=O)N2c1c(F)cccc1F.O=C(O)C(F)(F)F. The third-order valence-electron chi connectivity index (χ3n) is 6.91. The highest BCUT2D eigenvalue weighted by atomic mass is 19.4. The highest BCUT2D eigenvalue weighted by Crippen LogP contribution is 2.39. The summed E-state index contributed by atoms with van der Waals surface area (Å²) in [6, 6.07) is 17.5. The molecule has 49 heavy (non-hydrogen) atoms. The number of para-hydroxylation sites is 2. The molecular formula is C33H32F5N7O4. The number of halogens is 5. The number of hydrogen-bond donors (Lipinski definition) is 5. The predicted molar refractivity (Wildman–Crippen MR) is 173 cm³/mol. The van der Waals surface area contributed by atoms with Crippen LogP contribution in [-0.4, -0.2) is 58.3 Å². The lowest BCUT2D eigenvalue weighted by molar-refractivity contribution is -0.192. The van der Waals surface area contributed by atoms with Crippen LogP contribution in [0.1, 0.15) is 35.3 Å². The Balaban J connectivity index is 0.000000698. The fraction of sp³-hybridized carbons (Fsp3) is 0.242. The number of aryl methyl sites for hydroxylation is 1. The molecule has 1 aliphatic heterocycles. The minimum Gasteiger partial charge on any atom is -0.475 e. The van der Waals surface area contributed by atoms with Gasteiger partial charge >= 0.3 is 18.2 Å². The van der Waals surface area contributed by atoms with E-state index >= 15 is 0 Å². The number of fused-ring (bicyclic) bond motifs is 1. The Kier molecular flexibility index (Phi) is 11.3. The van der Waals surface area contributed by atoms with E-state index in [-0.39, 0.29) is 30.3 Å². The summed E-state index contributed by atoms with van der Waals surface area (Å²) < 4.78 is 61.7. The summed E-state index contributed by atoms with van der Waals surface area (Å²) in [5.41, 5.74) is 3.15. The number of alkyl halides is 3. The second kappa shape index (κ2) is 15.4. The number of benzene rings is 3. The first kappa shape index (κ1) is 36.0. The maximum Gasteiger partial charge on any atom is 0.490 e. The first-order chi connectivity index (χ1) is 23.2. The Bertz CT molecular complexity index is 1820. The number of carboxylic acid groups (broad SMARTS) is 1. The van der Waals surface area contributed by atoms with Crippen molar-refractivity contribution in [1.82, 2.24) is 20.6 Å². The molecule has 5 rings (SSSR count). The summed E-state index contributed by atoms with van der Waals surface area (Å²) in [6.07, 6.45) is -5.08. The highest BCUT2D eigenvalue weighted by molar-refractivity contribution is 6.02. The number of carboxylic acids is 1. The smallest absolute Gasteiger partial charge is 0.475 e. The summed E-state index contributed by atoms with van der Waals surface area (Å²) in [5, 5.41) is 19.2. The fourth-order valence-corrected chi connectivity index (χ4v) is 4.67. The Morgan fingerprint density at radius 1 is 0.959 bits per heavy atom. The Morgan fingerprint density at radius 2 is 1.59 bits per heavy atom. The van der Waals surface area contributed by atoms with Gasteiger partial charge in [-0.3, -0.25) is 4.79 Å². The zero-order valence-electron chi connectivity index (χ0n) is 26.5. The van der Waals surface area contributed by atoms with Crippen molar-refractivity contribution in [3.8, 4) is 11.3 Å².